The lowest BCUT2D eigenvalue weighted by atomic mass is 10.1. The van der Waals surface area contributed by atoms with Crippen LogP contribution in [0.5, 0.6) is 0 Å². The van der Waals surface area contributed by atoms with Crippen molar-refractivity contribution in [3.05, 3.63) is 258 Å². The standard InChI is InChI=1S/C30H29N7O7.2C28H27N7O7/c1-2-31-30(41)36-25-21-26(34-15-33-25)37(16-35-21)28-24-22(42-20(43-24)13-12-17-8-4-3-5-9-17)23(44-28)27(38)32-14-18-10-6-7-11-19(18)29(39)40;2*1-2-29-28(39)34-22-18-23(32-13-31-22)35(14-33-18)25-21-19(41-27(42-21)15-8-4-3-5-9-15)20(40-25)24(36)30-12-16-10-6-7-11-17(16)26(37)38/h3-13,15-16,20,22-24,28H,2,14H2,1H3,(H,32,38)(H,39,40)(H2,31,33,34,36,41);2*3-11,13-14,19-21,25,27H,2,12H2,1H3,(H,30,36)(H,37,38)(H2,29,31,32,34,39)/b13-12+;;/t20-,22?,23?,24?,28?;2*19?,20?,21?,25?,27-/m010/s1. The molecule has 9 amide bonds. The molecule has 15 atom stereocenters. The zero-order chi connectivity index (χ0) is 89.1. The zero-order valence-electron chi connectivity index (χ0n) is 68.2. The van der Waals surface area contributed by atoms with Gasteiger partial charge in [0, 0.05) is 50.4 Å². The van der Waals surface area contributed by atoms with Gasteiger partial charge in [0.1, 0.15) is 55.6 Å². The Morgan fingerprint density at radius 3 is 0.977 bits per heavy atom. The van der Waals surface area contributed by atoms with Gasteiger partial charge in [-0.15, -0.1) is 0 Å². The quantitative estimate of drug-likeness (QED) is 0.0264. The van der Waals surface area contributed by atoms with Crippen LogP contribution in [-0.4, -0.2) is 208 Å². The number of imidazole rings is 3. The average Bonchev–Trinajstić information content (AvgIpc) is 1.59. The Bertz CT molecular complexity index is 5890. The van der Waals surface area contributed by atoms with Gasteiger partial charge < -0.3 is 89.9 Å². The summed E-state index contributed by atoms with van der Waals surface area (Å²) in [6.45, 7) is 6.58. The molecule has 6 aliphatic heterocycles. The minimum absolute atomic E-state index is 0.0255. The Balaban J connectivity index is 0.000000141. The molecule has 42 heteroatoms. The number of carbonyl (C=O) groups is 9. The zero-order valence-corrected chi connectivity index (χ0v) is 68.2. The number of nitrogens with zero attached hydrogens (tertiary/aromatic N) is 12. The number of nitrogens with one attached hydrogen (secondary N) is 9. The molecule has 12 unspecified atom stereocenters. The van der Waals surface area contributed by atoms with Crippen LogP contribution in [0.1, 0.15) is 116 Å². The lowest BCUT2D eigenvalue weighted by Crippen LogP contribution is -2.42. The minimum atomic E-state index is -1.11. The largest absolute Gasteiger partial charge is 0.478 e. The summed E-state index contributed by atoms with van der Waals surface area (Å²) in [5.41, 5.74) is 6.08. The van der Waals surface area contributed by atoms with Gasteiger partial charge in [-0.25, -0.2) is 73.6 Å². The van der Waals surface area contributed by atoms with Crippen LogP contribution in [0.2, 0.25) is 0 Å². The van der Waals surface area contributed by atoms with E-state index in [0.717, 1.165) is 16.7 Å². The number of ether oxygens (including phenoxy) is 9. The SMILES string of the molecule is CCNC(=O)Nc1ncnc2c1ncn2C1OC(C(=O)NCc2ccccc2C(=O)O)C2O[C@@H](c3ccccc3)OC21.CCNC(=O)Nc1ncnc2c1ncn2C1OC(C(=O)NCc2ccccc2C(=O)O)C2O[C@H](/C=C/c3ccccc3)OC21.CCNC(=O)Nc1ncnc2c1ncn2C1OC(C(=O)NCc2ccccc2C(=O)O)C2O[C@H](c3ccccc3)OC21. The van der Waals surface area contributed by atoms with Crippen LogP contribution in [-0.2, 0) is 76.6 Å². The summed E-state index contributed by atoms with van der Waals surface area (Å²) >= 11 is 0. The highest BCUT2D eigenvalue weighted by molar-refractivity contribution is 5.98. The van der Waals surface area contributed by atoms with E-state index in [9.17, 15) is 58.5 Å². The van der Waals surface area contributed by atoms with E-state index in [1.54, 1.807) is 95.1 Å². The Kier molecular flexibility index (Phi) is 26.4. The van der Waals surface area contributed by atoms with Crippen molar-refractivity contribution in [2.75, 3.05) is 35.6 Å². The summed E-state index contributed by atoms with van der Waals surface area (Å²) in [5.74, 6) is -4.17. The van der Waals surface area contributed by atoms with Crippen molar-refractivity contribution in [1.29, 1.82) is 0 Å². The number of hydrogen-bond acceptors (Lipinski definition) is 27. The average molecular weight is 1750 g/mol. The highest BCUT2D eigenvalue weighted by Crippen LogP contribution is 2.48. The number of urea groups is 3. The summed E-state index contributed by atoms with van der Waals surface area (Å²) < 4.78 is 61.0. The topological polar surface area (TPSA) is 536 Å². The lowest BCUT2D eigenvalue weighted by Gasteiger charge is -2.21. The number of aromatic carboxylic acids is 3. The summed E-state index contributed by atoms with van der Waals surface area (Å²) in [6.07, 6.45) is -0.928. The monoisotopic (exact) mass is 1750 g/mol. The first-order valence-corrected chi connectivity index (χ1v) is 40.5. The van der Waals surface area contributed by atoms with E-state index in [4.69, 9.17) is 42.6 Å². The van der Waals surface area contributed by atoms with Crippen LogP contribution in [0.3, 0.4) is 0 Å². The highest BCUT2D eigenvalue weighted by Gasteiger charge is 2.59. The first-order valence-electron chi connectivity index (χ1n) is 40.5. The van der Waals surface area contributed by atoms with Crippen molar-refractivity contribution in [2.45, 2.75) is 133 Å². The van der Waals surface area contributed by atoms with Gasteiger partial charge in [0.2, 0.25) is 0 Å². The predicted octanol–water partition coefficient (Wildman–Crippen LogP) is 7.43. The van der Waals surface area contributed by atoms with Crippen molar-refractivity contribution < 1.29 is 101 Å². The van der Waals surface area contributed by atoms with Crippen LogP contribution in [0.4, 0.5) is 31.8 Å². The fourth-order valence-electron chi connectivity index (χ4n) is 15.3. The second-order valence-electron chi connectivity index (χ2n) is 29.2. The van der Waals surface area contributed by atoms with Crippen molar-refractivity contribution in [3.63, 3.8) is 0 Å². The molecule has 658 valence electrons. The number of anilines is 3. The lowest BCUT2D eigenvalue weighted by molar-refractivity contribution is -0.162. The van der Waals surface area contributed by atoms with Crippen LogP contribution in [0.25, 0.3) is 39.6 Å². The molecule has 0 bridgehead atoms. The van der Waals surface area contributed by atoms with Crippen molar-refractivity contribution in [2.24, 2.45) is 0 Å². The fraction of sp³-hybridized carbons (Fsp3) is 0.279. The van der Waals surface area contributed by atoms with E-state index in [1.807, 2.05) is 97.1 Å². The maximum atomic E-state index is 13.5. The van der Waals surface area contributed by atoms with Gasteiger partial charge in [0.05, 0.1) is 35.7 Å². The van der Waals surface area contributed by atoms with Crippen molar-refractivity contribution >= 4 is 111 Å². The van der Waals surface area contributed by atoms with E-state index in [0.29, 0.717) is 69.8 Å². The number of aromatic nitrogens is 12. The molecule has 0 spiro atoms. The molecule has 6 aromatic heterocycles. The summed E-state index contributed by atoms with van der Waals surface area (Å²) in [7, 11) is 0. The van der Waals surface area contributed by atoms with Gasteiger partial charge in [-0.05, 0) is 67.3 Å². The van der Waals surface area contributed by atoms with Gasteiger partial charge in [-0.3, -0.25) is 44.0 Å². The molecule has 128 heavy (non-hydrogen) atoms. The number of rotatable bonds is 25. The molecule has 42 nitrogen and oxygen atoms in total. The number of hydrogen-bond donors (Lipinski definition) is 12. The molecule has 12 N–H and O–H groups in total. The van der Waals surface area contributed by atoms with Gasteiger partial charge in [0.25, 0.3) is 17.7 Å². The highest BCUT2D eigenvalue weighted by atomic mass is 16.8. The molecule has 6 fully saturated rings. The molecular weight excluding hydrogens is 1660 g/mol. The van der Waals surface area contributed by atoms with E-state index >= 15 is 0 Å². The molecule has 0 aliphatic carbocycles. The van der Waals surface area contributed by atoms with E-state index in [2.05, 4.69) is 92.7 Å². The number of fused-ring (bicyclic) bond motifs is 6. The number of carboxylic acid groups (broad SMARTS) is 3. The smallest absolute Gasteiger partial charge is 0.336 e. The van der Waals surface area contributed by atoms with Crippen LogP contribution in [0.15, 0.2) is 208 Å². The van der Waals surface area contributed by atoms with Gasteiger partial charge >= 0.3 is 36.0 Å². The third-order valence-corrected chi connectivity index (χ3v) is 21.1. The first-order chi connectivity index (χ1) is 62.3. The molecule has 6 saturated heterocycles. The third-order valence-electron chi connectivity index (χ3n) is 21.1. The Morgan fingerprint density at radius 2 is 0.641 bits per heavy atom. The minimum Gasteiger partial charge on any atom is -0.478 e. The predicted molar refractivity (Wildman–Crippen MR) is 448 cm³/mol. The number of benzene rings is 6. The molecule has 12 heterocycles. The third kappa shape index (κ3) is 18.7. The van der Waals surface area contributed by atoms with Gasteiger partial charge in [-0.2, -0.15) is 0 Å². The summed E-state index contributed by atoms with van der Waals surface area (Å²) in [5, 5.41) is 52.8. The van der Waals surface area contributed by atoms with Crippen LogP contribution >= 0.6 is 0 Å². The molecule has 0 radical (unpaired) electrons. The van der Waals surface area contributed by atoms with Crippen molar-refractivity contribution in [1.82, 2.24) is 90.5 Å². The summed E-state index contributed by atoms with van der Waals surface area (Å²) in [6, 6.07) is 46.2. The maximum absolute atomic E-state index is 13.5. The van der Waals surface area contributed by atoms with Crippen LogP contribution < -0.4 is 47.9 Å². The second kappa shape index (κ2) is 39.0. The molecule has 6 aliphatic rings. The Labute approximate surface area is 725 Å². The number of carbonyl (C=O) groups excluding carboxylic acids is 6. The second-order valence-corrected chi connectivity index (χ2v) is 29.2. The number of carboxylic acids is 3. The summed E-state index contributed by atoms with van der Waals surface area (Å²) in [4.78, 5) is 150. The Morgan fingerprint density at radius 1 is 0.344 bits per heavy atom. The first kappa shape index (κ1) is 86.5. The Hall–Kier alpha value is -15.0. The molecular formula is C86H83N21O21. The maximum Gasteiger partial charge on any atom is 0.336 e. The van der Waals surface area contributed by atoms with Gasteiger partial charge in [-0.1, -0.05) is 152 Å². The normalized spacial score (nSPS) is 22.8. The van der Waals surface area contributed by atoms with E-state index in [-0.39, 0.29) is 53.8 Å². The molecule has 18 rings (SSSR count). The molecule has 12 aromatic rings. The number of amides is 9. The van der Waals surface area contributed by atoms with E-state index in [1.165, 1.54) is 56.2 Å². The molecule has 0 saturated carbocycles. The molecule has 6 aromatic carbocycles. The van der Waals surface area contributed by atoms with Crippen molar-refractivity contribution in [3.8, 4) is 0 Å². The van der Waals surface area contributed by atoms with Gasteiger partial charge in [0.15, 0.2) is 107 Å². The van der Waals surface area contributed by atoms with E-state index < -0.39 is 146 Å². The fourth-order valence-corrected chi connectivity index (χ4v) is 15.3. The van der Waals surface area contributed by atoms with Crippen LogP contribution in [0, 0.1) is 0 Å².